The van der Waals surface area contributed by atoms with Gasteiger partial charge in [-0.15, -0.1) is 0 Å². The van der Waals surface area contributed by atoms with Crippen LogP contribution in [0.15, 0.2) is 35.3 Å². The van der Waals surface area contributed by atoms with Gasteiger partial charge in [-0.1, -0.05) is 0 Å². The zero-order valence-electron chi connectivity index (χ0n) is 13.1. The van der Waals surface area contributed by atoms with Crippen molar-refractivity contribution in [3.05, 3.63) is 36.7 Å². The number of furan rings is 1. The molecule has 7 heteroatoms. The molecule has 0 unspecified atom stereocenters. The highest BCUT2D eigenvalue weighted by atomic mass is 16.3. The third kappa shape index (κ3) is 2.68. The molecule has 0 amide bonds. The Morgan fingerprint density at radius 3 is 2.96 bits per heavy atom. The van der Waals surface area contributed by atoms with Crippen molar-refractivity contribution in [3.8, 4) is 0 Å². The van der Waals surface area contributed by atoms with Crippen molar-refractivity contribution < 1.29 is 4.42 Å². The van der Waals surface area contributed by atoms with E-state index in [1.807, 2.05) is 19.2 Å². The van der Waals surface area contributed by atoms with Gasteiger partial charge in [0.1, 0.15) is 17.9 Å². The minimum atomic E-state index is 0.217. The van der Waals surface area contributed by atoms with Gasteiger partial charge >= 0.3 is 0 Å². The number of likely N-dealkylation sites (tertiary alicyclic amines) is 1. The molecular weight excluding hydrogens is 292 g/mol. The van der Waals surface area contributed by atoms with Gasteiger partial charge in [0.25, 0.3) is 0 Å². The van der Waals surface area contributed by atoms with E-state index in [2.05, 4.69) is 25.3 Å². The Bertz CT molecular complexity index is 775. The first kappa shape index (κ1) is 14.2. The largest absolute Gasteiger partial charge is 0.468 e. The van der Waals surface area contributed by atoms with Crippen molar-refractivity contribution in [2.24, 2.45) is 7.05 Å². The number of nitrogens with zero attached hydrogens (tertiary/aromatic N) is 5. The van der Waals surface area contributed by atoms with E-state index in [4.69, 9.17) is 4.42 Å². The van der Waals surface area contributed by atoms with Gasteiger partial charge < -0.3 is 9.73 Å². The zero-order valence-corrected chi connectivity index (χ0v) is 13.1. The number of rotatable bonds is 5. The molecule has 3 aromatic heterocycles. The first-order valence-corrected chi connectivity index (χ1v) is 7.97. The summed E-state index contributed by atoms with van der Waals surface area (Å²) in [6.45, 7) is 2.97. The lowest BCUT2D eigenvalue weighted by Crippen LogP contribution is -2.30. The first-order chi connectivity index (χ1) is 11.3. The maximum Gasteiger partial charge on any atom is 0.163 e. The van der Waals surface area contributed by atoms with Gasteiger partial charge in [0.05, 0.1) is 23.9 Å². The molecule has 1 N–H and O–H groups in total. The fraction of sp³-hybridized carbons (Fsp3) is 0.438. The van der Waals surface area contributed by atoms with Crippen molar-refractivity contribution in [1.82, 2.24) is 24.6 Å². The molecule has 120 valence electrons. The minimum Gasteiger partial charge on any atom is -0.468 e. The Kier molecular flexibility index (Phi) is 3.70. The number of hydrogen-bond acceptors (Lipinski definition) is 6. The highest BCUT2D eigenvalue weighted by molar-refractivity contribution is 5.85. The molecule has 1 atom stereocenters. The Hall–Kier alpha value is -2.41. The molecule has 4 rings (SSSR count). The lowest BCUT2D eigenvalue weighted by Gasteiger charge is -2.26. The molecule has 7 nitrogen and oxygen atoms in total. The predicted molar refractivity (Wildman–Crippen MR) is 87.0 cm³/mol. The standard InChI is InChI=1S/C16H20N6O/c1-21-16-12(9-20-21)15(18-11-19-16)17-10-13(14-5-4-8-23-14)22-6-2-3-7-22/h4-5,8-9,11,13H,2-3,6-7,10H2,1H3,(H,17,18,19)/t13-/m0/s1. The Morgan fingerprint density at radius 1 is 1.30 bits per heavy atom. The van der Waals surface area contributed by atoms with Crippen molar-refractivity contribution >= 4 is 16.9 Å². The van der Waals surface area contributed by atoms with Gasteiger partial charge in [0.15, 0.2) is 5.65 Å². The van der Waals surface area contributed by atoms with Crippen LogP contribution in [-0.2, 0) is 7.05 Å². The number of nitrogens with one attached hydrogen (secondary N) is 1. The molecule has 1 aliphatic heterocycles. The normalized spacial score (nSPS) is 16.9. The van der Waals surface area contributed by atoms with Crippen LogP contribution in [0.5, 0.6) is 0 Å². The summed E-state index contributed by atoms with van der Waals surface area (Å²) in [6, 6.07) is 4.21. The van der Waals surface area contributed by atoms with E-state index in [1.54, 1.807) is 23.5 Å². The second-order valence-corrected chi connectivity index (χ2v) is 5.88. The second-order valence-electron chi connectivity index (χ2n) is 5.88. The summed E-state index contributed by atoms with van der Waals surface area (Å²) in [5, 5.41) is 8.66. The molecule has 0 bridgehead atoms. The van der Waals surface area contributed by atoms with Crippen molar-refractivity contribution in [2.45, 2.75) is 18.9 Å². The predicted octanol–water partition coefficient (Wildman–Crippen LogP) is 2.21. The van der Waals surface area contributed by atoms with Gasteiger partial charge in [-0.05, 0) is 38.1 Å². The lowest BCUT2D eigenvalue weighted by atomic mass is 10.2. The monoisotopic (exact) mass is 312 g/mol. The summed E-state index contributed by atoms with van der Waals surface area (Å²) in [5.74, 6) is 1.81. The van der Waals surface area contributed by atoms with E-state index in [9.17, 15) is 0 Å². The molecule has 1 fully saturated rings. The van der Waals surface area contributed by atoms with Crippen LogP contribution >= 0.6 is 0 Å². The summed E-state index contributed by atoms with van der Waals surface area (Å²) < 4.78 is 7.41. The molecule has 4 heterocycles. The van der Waals surface area contributed by atoms with Gasteiger partial charge in [-0.3, -0.25) is 9.58 Å². The summed E-state index contributed by atoms with van der Waals surface area (Å²) in [5.41, 5.74) is 0.832. The van der Waals surface area contributed by atoms with Crippen LogP contribution in [-0.4, -0.2) is 44.3 Å². The molecule has 0 aromatic carbocycles. The van der Waals surface area contributed by atoms with Gasteiger partial charge in [-0.2, -0.15) is 5.10 Å². The van der Waals surface area contributed by atoms with E-state index in [0.29, 0.717) is 0 Å². The molecule has 3 aromatic rings. The summed E-state index contributed by atoms with van der Waals surface area (Å²) >= 11 is 0. The molecule has 23 heavy (non-hydrogen) atoms. The Balaban J connectivity index is 1.57. The third-order valence-corrected chi connectivity index (χ3v) is 4.45. The zero-order chi connectivity index (χ0) is 15.6. The number of anilines is 1. The van der Waals surface area contributed by atoms with E-state index in [-0.39, 0.29) is 6.04 Å². The van der Waals surface area contributed by atoms with Crippen LogP contribution < -0.4 is 5.32 Å². The average molecular weight is 312 g/mol. The number of aromatic nitrogens is 4. The van der Waals surface area contributed by atoms with Gasteiger partial charge in [0.2, 0.25) is 0 Å². The van der Waals surface area contributed by atoms with Crippen molar-refractivity contribution in [3.63, 3.8) is 0 Å². The van der Waals surface area contributed by atoms with Crippen LogP contribution in [0.2, 0.25) is 0 Å². The average Bonchev–Trinajstić information content (AvgIpc) is 3.31. The molecule has 1 aliphatic rings. The van der Waals surface area contributed by atoms with E-state index in [0.717, 1.165) is 42.2 Å². The Labute approximate surface area is 134 Å². The van der Waals surface area contributed by atoms with Crippen molar-refractivity contribution in [1.29, 1.82) is 0 Å². The maximum absolute atomic E-state index is 5.66. The van der Waals surface area contributed by atoms with E-state index >= 15 is 0 Å². The first-order valence-electron chi connectivity index (χ1n) is 7.97. The lowest BCUT2D eigenvalue weighted by molar-refractivity contribution is 0.225. The summed E-state index contributed by atoms with van der Waals surface area (Å²) in [7, 11) is 1.88. The second kappa shape index (κ2) is 6.00. The molecule has 0 aliphatic carbocycles. The van der Waals surface area contributed by atoms with E-state index in [1.165, 1.54) is 12.8 Å². The number of aryl methyl sites for hydroxylation is 1. The number of fused-ring (bicyclic) bond motifs is 1. The van der Waals surface area contributed by atoms with Crippen LogP contribution in [0.1, 0.15) is 24.6 Å². The number of hydrogen-bond donors (Lipinski definition) is 1. The highest BCUT2D eigenvalue weighted by Crippen LogP contribution is 2.27. The topological polar surface area (TPSA) is 72.0 Å². The van der Waals surface area contributed by atoms with Gasteiger partial charge in [-0.25, -0.2) is 9.97 Å². The molecular formula is C16H20N6O. The molecule has 0 saturated carbocycles. The molecule has 0 spiro atoms. The molecule has 1 saturated heterocycles. The van der Waals surface area contributed by atoms with Crippen LogP contribution in [0.25, 0.3) is 11.0 Å². The fourth-order valence-electron chi connectivity index (χ4n) is 3.24. The fourth-order valence-corrected chi connectivity index (χ4v) is 3.24. The van der Waals surface area contributed by atoms with Crippen LogP contribution in [0.3, 0.4) is 0 Å². The summed E-state index contributed by atoms with van der Waals surface area (Å²) in [6.07, 6.45) is 7.61. The third-order valence-electron chi connectivity index (χ3n) is 4.45. The van der Waals surface area contributed by atoms with Crippen LogP contribution in [0.4, 0.5) is 5.82 Å². The van der Waals surface area contributed by atoms with Gasteiger partial charge in [0, 0.05) is 13.6 Å². The Morgan fingerprint density at radius 2 is 2.17 bits per heavy atom. The van der Waals surface area contributed by atoms with E-state index < -0.39 is 0 Å². The van der Waals surface area contributed by atoms with Crippen molar-refractivity contribution in [2.75, 3.05) is 25.0 Å². The minimum absolute atomic E-state index is 0.217. The highest BCUT2D eigenvalue weighted by Gasteiger charge is 2.25. The quantitative estimate of drug-likeness (QED) is 0.779. The summed E-state index contributed by atoms with van der Waals surface area (Å²) in [4.78, 5) is 11.1. The van der Waals surface area contributed by atoms with Crippen LogP contribution in [0, 0.1) is 0 Å². The molecule has 0 radical (unpaired) electrons. The SMILES string of the molecule is Cn1ncc2c(NC[C@@H](c3ccco3)N3CCCC3)ncnc21. The maximum atomic E-state index is 5.66. The smallest absolute Gasteiger partial charge is 0.163 e.